The van der Waals surface area contributed by atoms with Crippen molar-refractivity contribution in [1.29, 1.82) is 0 Å². The molecule has 3 aromatic rings. The van der Waals surface area contributed by atoms with Gasteiger partial charge in [0.15, 0.2) is 0 Å². The van der Waals surface area contributed by atoms with Crippen molar-refractivity contribution >= 4 is 27.3 Å². The van der Waals surface area contributed by atoms with E-state index in [1.807, 2.05) is 68.1 Å². The first-order valence-corrected chi connectivity index (χ1v) is 13.1. The summed E-state index contributed by atoms with van der Waals surface area (Å²) >= 11 is 1.66. The first-order chi connectivity index (χ1) is 15.2. The van der Waals surface area contributed by atoms with E-state index in [2.05, 4.69) is 6.07 Å². The second kappa shape index (κ2) is 8.84. The molecule has 0 saturated carbocycles. The number of carbonyl (C=O) groups is 1. The van der Waals surface area contributed by atoms with Crippen LogP contribution in [-0.4, -0.2) is 54.3 Å². The monoisotopic (exact) mass is 471 g/mol. The third-order valence-corrected chi connectivity index (χ3v) is 9.41. The van der Waals surface area contributed by atoms with Crippen molar-refractivity contribution in [2.45, 2.75) is 39.1 Å². The molecule has 8 heteroatoms. The van der Waals surface area contributed by atoms with Crippen LogP contribution in [0.2, 0.25) is 0 Å². The second-order valence-corrected chi connectivity index (χ2v) is 11.3. The van der Waals surface area contributed by atoms with Gasteiger partial charge >= 0.3 is 0 Å². The number of nitrogens with zero attached hydrogens (tertiary/aromatic N) is 3. The van der Waals surface area contributed by atoms with Crippen LogP contribution in [0.15, 0.2) is 46.8 Å². The number of aromatic nitrogens is 1. The quantitative estimate of drug-likeness (QED) is 0.566. The Labute approximate surface area is 194 Å². The van der Waals surface area contributed by atoms with Gasteiger partial charge in [-0.3, -0.25) is 4.79 Å². The molecule has 32 heavy (non-hydrogen) atoms. The SMILES string of the molecule is Cc1cc(C)c(C)c(S(=O)(=O)N2CCN(C(=O)c3cccn3Cc3cccs3)CC2)c1C. The molecule has 0 atom stereocenters. The molecule has 1 saturated heterocycles. The summed E-state index contributed by atoms with van der Waals surface area (Å²) in [6.07, 6.45) is 1.92. The average Bonchev–Trinajstić information content (AvgIpc) is 3.44. The molecule has 1 fully saturated rings. The number of hydrogen-bond acceptors (Lipinski definition) is 4. The van der Waals surface area contributed by atoms with Gasteiger partial charge in [0.1, 0.15) is 5.69 Å². The number of carbonyl (C=O) groups excluding carboxylic acids is 1. The van der Waals surface area contributed by atoms with E-state index >= 15 is 0 Å². The summed E-state index contributed by atoms with van der Waals surface area (Å²) < 4.78 is 30.5. The zero-order valence-electron chi connectivity index (χ0n) is 19.0. The zero-order chi connectivity index (χ0) is 23.0. The van der Waals surface area contributed by atoms with Crippen LogP contribution < -0.4 is 0 Å². The van der Waals surface area contributed by atoms with Crippen LogP contribution in [0, 0.1) is 27.7 Å². The predicted octanol–water partition coefficient (Wildman–Crippen LogP) is 3.98. The first-order valence-electron chi connectivity index (χ1n) is 10.7. The van der Waals surface area contributed by atoms with E-state index in [0.717, 1.165) is 22.3 Å². The summed E-state index contributed by atoms with van der Waals surface area (Å²) in [6, 6.07) is 9.81. The zero-order valence-corrected chi connectivity index (χ0v) is 20.6. The molecule has 4 rings (SSSR count). The first kappa shape index (κ1) is 22.8. The van der Waals surface area contributed by atoms with Crippen molar-refractivity contribution in [3.05, 3.63) is 74.7 Å². The molecule has 0 unspecified atom stereocenters. The molecule has 0 spiro atoms. The number of aryl methyl sites for hydroxylation is 2. The lowest BCUT2D eigenvalue weighted by molar-refractivity contribution is 0.0687. The molecule has 1 aliphatic heterocycles. The summed E-state index contributed by atoms with van der Waals surface area (Å²) in [5, 5.41) is 2.03. The number of hydrogen-bond donors (Lipinski definition) is 0. The van der Waals surface area contributed by atoms with E-state index in [0.29, 0.717) is 43.3 Å². The third kappa shape index (κ3) is 4.14. The largest absolute Gasteiger partial charge is 0.338 e. The van der Waals surface area contributed by atoms with Gasteiger partial charge in [-0.2, -0.15) is 4.31 Å². The third-order valence-electron chi connectivity index (χ3n) is 6.38. The highest BCUT2D eigenvalue weighted by Crippen LogP contribution is 2.29. The Kier molecular flexibility index (Phi) is 6.29. The van der Waals surface area contributed by atoms with Crippen LogP contribution >= 0.6 is 11.3 Å². The lowest BCUT2D eigenvalue weighted by Crippen LogP contribution is -2.51. The average molecular weight is 472 g/mol. The van der Waals surface area contributed by atoms with Gasteiger partial charge in [0.25, 0.3) is 5.91 Å². The maximum atomic E-state index is 13.5. The maximum Gasteiger partial charge on any atom is 0.270 e. The molecule has 1 aromatic carbocycles. The van der Waals surface area contributed by atoms with E-state index in [-0.39, 0.29) is 5.91 Å². The molecule has 170 valence electrons. The summed E-state index contributed by atoms with van der Waals surface area (Å²) in [5.74, 6) is -0.0534. The Bertz CT molecular complexity index is 1210. The molecule has 3 heterocycles. The highest BCUT2D eigenvalue weighted by molar-refractivity contribution is 7.89. The van der Waals surface area contributed by atoms with Crippen molar-refractivity contribution in [2.24, 2.45) is 0 Å². The van der Waals surface area contributed by atoms with Gasteiger partial charge in [-0.05, 0) is 73.5 Å². The molecule has 0 N–H and O–H groups in total. The summed E-state index contributed by atoms with van der Waals surface area (Å²) in [6.45, 7) is 9.65. The Morgan fingerprint density at radius 3 is 2.22 bits per heavy atom. The van der Waals surface area contributed by atoms with Crippen molar-refractivity contribution in [3.63, 3.8) is 0 Å². The topological polar surface area (TPSA) is 62.6 Å². The van der Waals surface area contributed by atoms with Crippen LogP contribution in [0.3, 0.4) is 0 Å². The Balaban J connectivity index is 1.50. The molecule has 0 radical (unpaired) electrons. The molecular formula is C24H29N3O3S2. The Morgan fingerprint density at radius 1 is 0.969 bits per heavy atom. The fraction of sp³-hybridized carbons (Fsp3) is 0.375. The molecule has 0 aliphatic carbocycles. The van der Waals surface area contributed by atoms with E-state index < -0.39 is 10.0 Å². The van der Waals surface area contributed by atoms with Gasteiger partial charge in [0.05, 0.1) is 11.4 Å². The van der Waals surface area contributed by atoms with Crippen LogP contribution in [0.1, 0.15) is 37.6 Å². The smallest absolute Gasteiger partial charge is 0.270 e. The lowest BCUT2D eigenvalue weighted by atomic mass is 10.0. The standard InChI is InChI=1S/C24H29N3O3S2/c1-17-15-18(2)20(4)23(19(17)3)32(29,30)27-12-10-25(11-13-27)24(28)22-8-5-9-26(22)16-21-7-6-14-31-21/h5-9,14-15H,10-13,16H2,1-4H3. The van der Waals surface area contributed by atoms with Crippen LogP contribution in [0.5, 0.6) is 0 Å². The van der Waals surface area contributed by atoms with E-state index in [1.54, 1.807) is 16.2 Å². The van der Waals surface area contributed by atoms with Gasteiger partial charge in [-0.1, -0.05) is 12.1 Å². The minimum absolute atomic E-state index is 0.0534. The predicted molar refractivity (Wildman–Crippen MR) is 128 cm³/mol. The number of thiophene rings is 1. The number of amides is 1. The number of piperazine rings is 1. The molecule has 1 aliphatic rings. The number of benzene rings is 1. The summed E-state index contributed by atoms with van der Waals surface area (Å²) in [4.78, 5) is 16.5. The minimum Gasteiger partial charge on any atom is -0.338 e. The van der Waals surface area contributed by atoms with Crippen molar-refractivity contribution < 1.29 is 13.2 Å². The number of sulfonamides is 1. The van der Waals surface area contributed by atoms with Crippen molar-refractivity contribution in [2.75, 3.05) is 26.2 Å². The van der Waals surface area contributed by atoms with Crippen LogP contribution in [0.25, 0.3) is 0 Å². The van der Waals surface area contributed by atoms with Crippen molar-refractivity contribution in [3.8, 4) is 0 Å². The molecule has 6 nitrogen and oxygen atoms in total. The minimum atomic E-state index is -3.62. The fourth-order valence-electron chi connectivity index (χ4n) is 4.31. The van der Waals surface area contributed by atoms with Gasteiger partial charge in [0.2, 0.25) is 10.0 Å². The Morgan fingerprint density at radius 2 is 1.62 bits per heavy atom. The Hall–Kier alpha value is -2.42. The molecule has 2 aromatic heterocycles. The second-order valence-electron chi connectivity index (χ2n) is 8.39. The van der Waals surface area contributed by atoms with Crippen LogP contribution in [0.4, 0.5) is 0 Å². The van der Waals surface area contributed by atoms with Gasteiger partial charge in [0, 0.05) is 37.3 Å². The van der Waals surface area contributed by atoms with E-state index in [4.69, 9.17) is 0 Å². The molecule has 0 bridgehead atoms. The van der Waals surface area contributed by atoms with Crippen molar-refractivity contribution in [1.82, 2.24) is 13.8 Å². The fourth-order valence-corrected chi connectivity index (χ4v) is 7.01. The van der Waals surface area contributed by atoms with Gasteiger partial charge in [-0.15, -0.1) is 11.3 Å². The normalized spacial score (nSPS) is 15.3. The van der Waals surface area contributed by atoms with E-state index in [1.165, 1.54) is 9.18 Å². The maximum absolute atomic E-state index is 13.5. The summed E-state index contributed by atoms with van der Waals surface area (Å²) in [7, 11) is -3.62. The van der Waals surface area contributed by atoms with Crippen LogP contribution in [-0.2, 0) is 16.6 Å². The highest BCUT2D eigenvalue weighted by atomic mass is 32.2. The van der Waals surface area contributed by atoms with E-state index in [9.17, 15) is 13.2 Å². The molecule has 1 amide bonds. The molecular weight excluding hydrogens is 442 g/mol. The van der Waals surface area contributed by atoms with Gasteiger partial charge < -0.3 is 9.47 Å². The lowest BCUT2D eigenvalue weighted by Gasteiger charge is -2.35. The van der Waals surface area contributed by atoms with Gasteiger partial charge in [-0.25, -0.2) is 8.42 Å². The summed E-state index contributed by atoms with van der Waals surface area (Å²) in [5.41, 5.74) is 4.20. The number of rotatable bonds is 5. The highest BCUT2D eigenvalue weighted by Gasteiger charge is 2.33.